The van der Waals surface area contributed by atoms with Gasteiger partial charge < -0.3 is 14.8 Å². The zero-order valence-electron chi connectivity index (χ0n) is 15.2. The van der Waals surface area contributed by atoms with E-state index in [2.05, 4.69) is 34.1 Å². The number of sulfonamides is 1. The molecule has 1 aliphatic heterocycles. The Balaban J connectivity index is 1.43. The summed E-state index contributed by atoms with van der Waals surface area (Å²) in [5.41, 5.74) is 3.19. The Bertz CT molecular complexity index is 1100. The van der Waals surface area contributed by atoms with Gasteiger partial charge >= 0.3 is 0 Å². The maximum atomic E-state index is 12.6. The number of hydrogen-bond acceptors (Lipinski definition) is 6. The van der Waals surface area contributed by atoms with Gasteiger partial charge in [-0.25, -0.2) is 13.4 Å². The minimum Gasteiger partial charge on any atom is -0.454 e. The van der Waals surface area contributed by atoms with E-state index in [0.29, 0.717) is 18.0 Å². The first-order valence-corrected chi connectivity index (χ1v) is 10.2. The quantitative estimate of drug-likeness (QED) is 0.661. The normalized spacial score (nSPS) is 12.6. The van der Waals surface area contributed by atoms with Crippen molar-refractivity contribution in [2.75, 3.05) is 16.8 Å². The molecule has 144 valence electrons. The average molecular weight is 397 g/mol. The Kier molecular flexibility index (Phi) is 4.79. The SMILES string of the molecule is Cc1ccccc1CNc1ccc(NS(=O)(=O)c2ccc3c(c2)OCO3)nc1. The summed E-state index contributed by atoms with van der Waals surface area (Å²) in [6, 6.07) is 16.0. The summed E-state index contributed by atoms with van der Waals surface area (Å²) >= 11 is 0. The van der Waals surface area contributed by atoms with E-state index in [9.17, 15) is 8.42 Å². The third-order valence-electron chi connectivity index (χ3n) is 4.40. The van der Waals surface area contributed by atoms with Crippen LogP contribution >= 0.6 is 0 Å². The van der Waals surface area contributed by atoms with Crippen molar-refractivity contribution in [1.29, 1.82) is 0 Å². The summed E-state index contributed by atoms with van der Waals surface area (Å²) in [4.78, 5) is 4.27. The first-order chi connectivity index (χ1) is 13.5. The van der Waals surface area contributed by atoms with E-state index in [0.717, 1.165) is 5.69 Å². The fourth-order valence-electron chi connectivity index (χ4n) is 2.81. The van der Waals surface area contributed by atoms with Gasteiger partial charge in [-0.05, 0) is 42.3 Å². The maximum Gasteiger partial charge on any atom is 0.263 e. The maximum absolute atomic E-state index is 12.6. The fraction of sp³-hybridized carbons (Fsp3) is 0.150. The van der Waals surface area contributed by atoms with Crippen LogP contribution in [0.1, 0.15) is 11.1 Å². The van der Waals surface area contributed by atoms with Crippen molar-refractivity contribution < 1.29 is 17.9 Å². The lowest BCUT2D eigenvalue weighted by atomic mass is 10.1. The van der Waals surface area contributed by atoms with Gasteiger partial charge in [-0.3, -0.25) is 4.72 Å². The molecule has 0 saturated carbocycles. The number of ether oxygens (including phenoxy) is 2. The second-order valence-electron chi connectivity index (χ2n) is 6.33. The van der Waals surface area contributed by atoms with Crippen molar-refractivity contribution in [3.63, 3.8) is 0 Å². The van der Waals surface area contributed by atoms with Crippen molar-refractivity contribution in [2.24, 2.45) is 0 Å². The van der Waals surface area contributed by atoms with E-state index in [4.69, 9.17) is 9.47 Å². The van der Waals surface area contributed by atoms with E-state index in [1.807, 2.05) is 12.1 Å². The number of rotatable bonds is 6. The number of aromatic nitrogens is 1. The number of benzene rings is 2. The molecule has 1 aromatic heterocycles. The second kappa shape index (κ2) is 7.40. The van der Waals surface area contributed by atoms with Gasteiger partial charge in [0.25, 0.3) is 10.0 Å². The number of nitrogens with zero attached hydrogens (tertiary/aromatic N) is 1. The van der Waals surface area contributed by atoms with Crippen LogP contribution in [0.5, 0.6) is 11.5 Å². The van der Waals surface area contributed by atoms with Gasteiger partial charge in [0.05, 0.1) is 16.8 Å². The smallest absolute Gasteiger partial charge is 0.263 e. The van der Waals surface area contributed by atoms with Gasteiger partial charge in [0, 0.05) is 12.6 Å². The molecule has 0 bridgehead atoms. The van der Waals surface area contributed by atoms with E-state index < -0.39 is 10.0 Å². The highest BCUT2D eigenvalue weighted by molar-refractivity contribution is 7.92. The van der Waals surface area contributed by atoms with Crippen LogP contribution in [0.25, 0.3) is 0 Å². The van der Waals surface area contributed by atoms with Crippen molar-refractivity contribution in [3.05, 3.63) is 71.9 Å². The monoisotopic (exact) mass is 397 g/mol. The van der Waals surface area contributed by atoms with E-state index >= 15 is 0 Å². The summed E-state index contributed by atoms with van der Waals surface area (Å²) in [7, 11) is -3.78. The molecule has 1 aliphatic rings. The van der Waals surface area contributed by atoms with Crippen LogP contribution in [0.4, 0.5) is 11.5 Å². The largest absolute Gasteiger partial charge is 0.454 e. The molecule has 2 aromatic carbocycles. The Morgan fingerprint density at radius 1 is 1.04 bits per heavy atom. The van der Waals surface area contributed by atoms with Crippen molar-refractivity contribution in [1.82, 2.24) is 4.98 Å². The number of hydrogen-bond donors (Lipinski definition) is 2. The molecule has 0 saturated heterocycles. The molecular formula is C20H19N3O4S. The number of anilines is 2. The predicted molar refractivity (Wildman–Crippen MR) is 106 cm³/mol. The molecule has 0 atom stereocenters. The molecule has 4 rings (SSSR count). The number of pyridine rings is 1. The van der Waals surface area contributed by atoms with Crippen molar-refractivity contribution >= 4 is 21.5 Å². The summed E-state index contributed by atoms with van der Waals surface area (Å²) in [6.07, 6.45) is 1.59. The predicted octanol–water partition coefficient (Wildman–Crippen LogP) is 3.53. The highest BCUT2D eigenvalue weighted by atomic mass is 32.2. The first-order valence-electron chi connectivity index (χ1n) is 8.68. The molecule has 0 amide bonds. The molecule has 0 fully saturated rings. The van der Waals surface area contributed by atoms with Gasteiger partial charge in [0.15, 0.2) is 11.5 Å². The number of aryl methyl sites for hydroxylation is 1. The Morgan fingerprint density at radius 3 is 2.64 bits per heavy atom. The summed E-state index contributed by atoms with van der Waals surface area (Å²) in [6.45, 7) is 2.81. The van der Waals surface area contributed by atoms with Crippen LogP contribution in [0.2, 0.25) is 0 Å². The number of nitrogens with one attached hydrogen (secondary N) is 2. The van der Waals surface area contributed by atoms with Gasteiger partial charge in [-0.1, -0.05) is 24.3 Å². The third-order valence-corrected chi connectivity index (χ3v) is 5.75. The first kappa shape index (κ1) is 18.1. The van der Waals surface area contributed by atoms with Crippen LogP contribution in [-0.4, -0.2) is 20.2 Å². The van der Waals surface area contributed by atoms with E-state index in [1.165, 1.54) is 23.3 Å². The second-order valence-corrected chi connectivity index (χ2v) is 8.02. The molecule has 0 aliphatic carbocycles. The van der Waals surface area contributed by atoms with Crippen LogP contribution < -0.4 is 19.5 Å². The Hall–Kier alpha value is -3.26. The molecule has 2 N–H and O–H groups in total. The van der Waals surface area contributed by atoms with Crippen LogP contribution in [0.3, 0.4) is 0 Å². The van der Waals surface area contributed by atoms with E-state index in [-0.39, 0.29) is 17.5 Å². The van der Waals surface area contributed by atoms with Crippen LogP contribution in [0.15, 0.2) is 65.7 Å². The minimum atomic E-state index is -3.78. The van der Waals surface area contributed by atoms with Gasteiger partial charge in [0.1, 0.15) is 5.82 Å². The average Bonchev–Trinajstić information content (AvgIpc) is 3.16. The van der Waals surface area contributed by atoms with Crippen LogP contribution in [-0.2, 0) is 16.6 Å². The highest BCUT2D eigenvalue weighted by Crippen LogP contribution is 2.34. The molecule has 0 spiro atoms. The summed E-state index contributed by atoms with van der Waals surface area (Å²) in [5.74, 6) is 1.17. The number of fused-ring (bicyclic) bond motifs is 1. The summed E-state index contributed by atoms with van der Waals surface area (Å²) < 4.78 is 38.1. The summed E-state index contributed by atoms with van der Waals surface area (Å²) in [5, 5.41) is 3.28. The zero-order valence-corrected chi connectivity index (χ0v) is 16.0. The lowest BCUT2D eigenvalue weighted by molar-refractivity contribution is 0.174. The fourth-order valence-corrected chi connectivity index (χ4v) is 3.83. The van der Waals surface area contributed by atoms with E-state index in [1.54, 1.807) is 24.4 Å². The lowest BCUT2D eigenvalue weighted by Gasteiger charge is -2.11. The molecule has 2 heterocycles. The third kappa shape index (κ3) is 3.86. The molecular weight excluding hydrogens is 378 g/mol. The Morgan fingerprint density at radius 2 is 1.86 bits per heavy atom. The Labute approximate surface area is 163 Å². The topological polar surface area (TPSA) is 89.5 Å². The minimum absolute atomic E-state index is 0.0836. The van der Waals surface area contributed by atoms with Gasteiger partial charge in [-0.2, -0.15) is 0 Å². The standard InChI is InChI=1S/C20H19N3O4S/c1-14-4-2-3-5-15(14)11-21-16-6-9-20(22-12-16)23-28(24,25)17-7-8-18-19(10-17)27-13-26-18/h2-10,12,21H,11,13H2,1H3,(H,22,23). The molecule has 0 radical (unpaired) electrons. The van der Waals surface area contributed by atoms with Gasteiger partial charge in [-0.15, -0.1) is 0 Å². The highest BCUT2D eigenvalue weighted by Gasteiger charge is 2.20. The molecule has 8 heteroatoms. The lowest BCUT2D eigenvalue weighted by Crippen LogP contribution is -2.14. The molecule has 0 unspecified atom stereocenters. The molecule has 28 heavy (non-hydrogen) atoms. The molecule has 7 nitrogen and oxygen atoms in total. The van der Waals surface area contributed by atoms with Crippen molar-refractivity contribution in [3.8, 4) is 11.5 Å². The van der Waals surface area contributed by atoms with Crippen LogP contribution in [0, 0.1) is 6.92 Å². The molecule has 3 aromatic rings. The van der Waals surface area contributed by atoms with Crippen molar-refractivity contribution in [2.45, 2.75) is 18.4 Å². The zero-order chi connectivity index (χ0) is 19.6. The van der Waals surface area contributed by atoms with Gasteiger partial charge in [0.2, 0.25) is 6.79 Å².